The molecule has 0 saturated heterocycles. The van der Waals surface area contributed by atoms with Gasteiger partial charge in [0.05, 0.1) is 21.4 Å². The Morgan fingerprint density at radius 1 is 1.21 bits per heavy atom. The Kier molecular flexibility index (Phi) is 4.15. The lowest BCUT2D eigenvalue weighted by Gasteiger charge is -2.08. The van der Waals surface area contributed by atoms with E-state index in [2.05, 4.69) is 10.3 Å². The number of hydrogen-bond acceptors (Lipinski definition) is 2. The zero-order valence-electron chi connectivity index (χ0n) is 12.0. The molecule has 0 atom stereocenters. The number of rotatable bonds is 2. The van der Waals surface area contributed by atoms with Crippen LogP contribution in [0, 0.1) is 24.4 Å². The first-order chi connectivity index (χ1) is 11.3. The molecule has 0 aliphatic rings. The number of pyridine rings is 1. The van der Waals surface area contributed by atoms with Crippen molar-refractivity contribution in [2.24, 2.45) is 0 Å². The fraction of sp³-hybridized carbons (Fsp3) is 0.0667. The number of anilines is 1. The molecule has 0 unspecified atom stereocenters. The Bertz CT molecular complexity index is 988. The Morgan fingerprint density at radius 3 is 2.62 bits per heavy atom. The molecule has 1 aromatic carbocycles. The lowest BCUT2D eigenvalue weighted by molar-refractivity contribution is 0.102. The largest absolute Gasteiger partial charge is 0.318 e. The monoisotopic (exact) mass is 373 g/mol. The summed E-state index contributed by atoms with van der Waals surface area (Å²) >= 11 is 11.9. The topological polar surface area (TPSA) is 46.4 Å². The number of fused-ring (bicyclic) bond motifs is 1. The summed E-state index contributed by atoms with van der Waals surface area (Å²) in [5.41, 5.74) is 0.133. The van der Waals surface area contributed by atoms with Gasteiger partial charge in [0.2, 0.25) is 0 Å². The average molecular weight is 374 g/mol. The molecule has 3 aromatic rings. The smallest absolute Gasteiger partial charge is 0.274 e. The lowest BCUT2D eigenvalue weighted by Crippen LogP contribution is -2.17. The van der Waals surface area contributed by atoms with E-state index in [0.717, 1.165) is 6.07 Å². The molecule has 0 radical (unpaired) electrons. The maximum Gasteiger partial charge on any atom is 0.274 e. The molecule has 1 amide bonds. The van der Waals surface area contributed by atoms with E-state index in [-0.39, 0.29) is 21.4 Å². The molecule has 0 fully saturated rings. The fourth-order valence-electron chi connectivity index (χ4n) is 2.26. The highest BCUT2D eigenvalue weighted by molar-refractivity contribution is 6.36. The Balaban J connectivity index is 2.07. The van der Waals surface area contributed by atoms with Crippen LogP contribution in [0.15, 0.2) is 24.4 Å². The summed E-state index contributed by atoms with van der Waals surface area (Å²) in [6.07, 6.45) is 1.42. The number of aromatic nitrogens is 2. The second-order valence-corrected chi connectivity index (χ2v) is 5.77. The lowest BCUT2D eigenvalue weighted by atomic mass is 10.2. The van der Waals surface area contributed by atoms with Gasteiger partial charge in [-0.25, -0.2) is 18.2 Å². The summed E-state index contributed by atoms with van der Waals surface area (Å²) < 4.78 is 41.3. The molecule has 4 nitrogen and oxygen atoms in total. The quantitative estimate of drug-likeness (QED) is 0.666. The van der Waals surface area contributed by atoms with Gasteiger partial charge in [-0.3, -0.25) is 9.20 Å². The molecule has 2 aromatic heterocycles. The van der Waals surface area contributed by atoms with Gasteiger partial charge >= 0.3 is 0 Å². The number of halogens is 5. The number of hydrogen-bond donors (Lipinski definition) is 1. The molecular weight excluding hydrogens is 366 g/mol. The molecule has 0 bridgehead atoms. The van der Waals surface area contributed by atoms with E-state index < -0.39 is 29.0 Å². The molecule has 0 aliphatic heterocycles. The number of nitrogens with one attached hydrogen (secondary N) is 1. The Labute approximate surface area is 143 Å². The average Bonchev–Trinajstić information content (AvgIpc) is 2.84. The summed E-state index contributed by atoms with van der Waals surface area (Å²) in [7, 11) is 0. The predicted molar refractivity (Wildman–Crippen MR) is 84.2 cm³/mol. The molecule has 24 heavy (non-hydrogen) atoms. The molecule has 0 aliphatic carbocycles. The van der Waals surface area contributed by atoms with Crippen molar-refractivity contribution in [2.45, 2.75) is 6.92 Å². The van der Waals surface area contributed by atoms with Crippen molar-refractivity contribution in [3.8, 4) is 0 Å². The zero-order valence-corrected chi connectivity index (χ0v) is 13.5. The molecule has 2 heterocycles. The Hall–Kier alpha value is -2.25. The van der Waals surface area contributed by atoms with Crippen LogP contribution in [-0.4, -0.2) is 15.3 Å². The second-order valence-electron chi connectivity index (χ2n) is 4.92. The van der Waals surface area contributed by atoms with Crippen LogP contribution >= 0.6 is 23.2 Å². The molecule has 0 spiro atoms. The van der Waals surface area contributed by atoms with E-state index in [9.17, 15) is 18.0 Å². The third kappa shape index (κ3) is 2.70. The van der Waals surface area contributed by atoms with Crippen LogP contribution in [0.4, 0.5) is 18.9 Å². The first-order valence-electron chi connectivity index (χ1n) is 6.58. The van der Waals surface area contributed by atoms with E-state index in [4.69, 9.17) is 23.2 Å². The SMILES string of the molecule is Cc1nc2c(Cl)cc(Cl)cn2c1C(=O)Nc1ccc(F)c(F)c1F. The van der Waals surface area contributed by atoms with E-state index in [1.54, 1.807) is 6.92 Å². The second kappa shape index (κ2) is 5.99. The van der Waals surface area contributed by atoms with Gasteiger partial charge < -0.3 is 5.32 Å². The van der Waals surface area contributed by atoms with Crippen LogP contribution in [0.5, 0.6) is 0 Å². The maximum absolute atomic E-state index is 13.7. The highest BCUT2D eigenvalue weighted by Crippen LogP contribution is 2.26. The summed E-state index contributed by atoms with van der Waals surface area (Å²) in [6, 6.07) is 3.09. The number of nitrogens with zero attached hydrogens (tertiary/aromatic N) is 2. The van der Waals surface area contributed by atoms with E-state index in [1.807, 2.05) is 0 Å². The van der Waals surface area contributed by atoms with Gasteiger partial charge in [0.15, 0.2) is 23.1 Å². The zero-order chi connectivity index (χ0) is 17.6. The van der Waals surface area contributed by atoms with E-state index in [0.29, 0.717) is 11.8 Å². The number of benzene rings is 1. The summed E-state index contributed by atoms with van der Waals surface area (Å²) in [4.78, 5) is 16.6. The summed E-state index contributed by atoms with van der Waals surface area (Å²) in [5.74, 6) is -5.29. The van der Waals surface area contributed by atoms with Crippen molar-refractivity contribution >= 4 is 40.4 Å². The molecule has 9 heteroatoms. The van der Waals surface area contributed by atoms with Gasteiger partial charge in [-0.15, -0.1) is 0 Å². The maximum atomic E-state index is 13.7. The van der Waals surface area contributed by atoms with Crippen LogP contribution in [0.2, 0.25) is 10.0 Å². The molecule has 0 saturated carbocycles. The fourth-order valence-corrected chi connectivity index (χ4v) is 2.78. The standard InChI is InChI=1S/C15H8Cl2F3N3O/c1-6-13(23-5-7(16)4-8(17)14(23)21-6)15(24)22-10-3-2-9(18)11(19)12(10)20/h2-5H,1H3,(H,22,24). The minimum Gasteiger partial charge on any atom is -0.318 e. The summed E-state index contributed by atoms with van der Waals surface area (Å²) in [6.45, 7) is 1.55. The van der Waals surface area contributed by atoms with Crippen LogP contribution < -0.4 is 5.32 Å². The number of aryl methyl sites for hydroxylation is 1. The molecular formula is C15H8Cl2F3N3O. The first kappa shape index (κ1) is 16.6. The van der Waals surface area contributed by atoms with Crippen molar-refractivity contribution in [3.05, 3.63) is 63.3 Å². The predicted octanol–water partition coefficient (Wildman–Crippen LogP) is 4.62. The van der Waals surface area contributed by atoms with Crippen molar-refractivity contribution in [1.82, 2.24) is 9.38 Å². The number of amides is 1. The normalized spacial score (nSPS) is 11.1. The van der Waals surface area contributed by atoms with Gasteiger partial charge in [0.1, 0.15) is 5.69 Å². The van der Waals surface area contributed by atoms with Crippen molar-refractivity contribution in [2.75, 3.05) is 5.32 Å². The van der Waals surface area contributed by atoms with Crippen molar-refractivity contribution in [1.29, 1.82) is 0 Å². The molecule has 3 rings (SSSR count). The van der Waals surface area contributed by atoms with Gasteiger partial charge in [0, 0.05) is 6.20 Å². The van der Waals surface area contributed by atoms with Crippen molar-refractivity contribution in [3.63, 3.8) is 0 Å². The minimum absolute atomic E-state index is 0.0403. The Morgan fingerprint density at radius 2 is 1.92 bits per heavy atom. The highest BCUT2D eigenvalue weighted by atomic mass is 35.5. The van der Waals surface area contributed by atoms with Crippen LogP contribution in [-0.2, 0) is 0 Å². The highest BCUT2D eigenvalue weighted by Gasteiger charge is 2.21. The van der Waals surface area contributed by atoms with E-state index >= 15 is 0 Å². The third-order valence-corrected chi connectivity index (χ3v) is 3.80. The van der Waals surface area contributed by atoms with Gasteiger partial charge in [0.25, 0.3) is 5.91 Å². The molecule has 1 N–H and O–H groups in total. The third-order valence-electron chi connectivity index (χ3n) is 3.31. The van der Waals surface area contributed by atoms with Gasteiger partial charge in [-0.1, -0.05) is 23.2 Å². The number of carbonyl (C=O) groups excluding carboxylic acids is 1. The minimum atomic E-state index is -1.67. The number of imidazole rings is 1. The van der Waals surface area contributed by atoms with E-state index in [1.165, 1.54) is 16.7 Å². The first-order valence-corrected chi connectivity index (χ1v) is 7.33. The van der Waals surface area contributed by atoms with Crippen LogP contribution in [0.3, 0.4) is 0 Å². The van der Waals surface area contributed by atoms with Crippen molar-refractivity contribution < 1.29 is 18.0 Å². The van der Waals surface area contributed by atoms with Crippen LogP contribution in [0.1, 0.15) is 16.2 Å². The van der Waals surface area contributed by atoms with Crippen LogP contribution in [0.25, 0.3) is 5.65 Å². The summed E-state index contributed by atoms with van der Waals surface area (Å²) in [5, 5.41) is 2.67. The van der Waals surface area contributed by atoms with Gasteiger partial charge in [-0.2, -0.15) is 0 Å². The molecule has 124 valence electrons. The number of carbonyl (C=O) groups is 1. The van der Waals surface area contributed by atoms with Gasteiger partial charge in [-0.05, 0) is 25.1 Å².